The van der Waals surface area contributed by atoms with Gasteiger partial charge in [0.05, 0.1) is 30.6 Å². The zero-order chi connectivity index (χ0) is 21.2. The number of alkyl halides is 1. The third kappa shape index (κ3) is 2.81. The summed E-state index contributed by atoms with van der Waals surface area (Å²) < 4.78 is 29.1. The number of ketones is 1. The first-order valence-electron chi connectivity index (χ1n) is 9.93. The minimum Gasteiger partial charge on any atom is -0.493 e. The van der Waals surface area contributed by atoms with Crippen molar-refractivity contribution in [3.05, 3.63) is 41.0 Å². The van der Waals surface area contributed by atoms with E-state index in [0.717, 1.165) is 16.9 Å². The number of hydrogen-bond acceptors (Lipinski definition) is 6. The molecule has 3 atom stereocenters. The maximum absolute atomic E-state index is 13.6. The fraction of sp³-hybridized carbons (Fsp3) is 0.435. The molecule has 0 saturated heterocycles. The van der Waals surface area contributed by atoms with Crippen LogP contribution in [0, 0.1) is 0 Å². The van der Waals surface area contributed by atoms with Gasteiger partial charge in [0.25, 0.3) is 0 Å². The molecule has 0 fully saturated rings. The average molecular weight is 431 g/mol. The Bertz CT molecular complexity index is 1040. The van der Waals surface area contributed by atoms with Crippen LogP contribution in [-0.2, 0) is 6.42 Å². The maximum Gasteiger partial charge on any atom is 0.178 e. The third-order valence-corrected chi connectivity index (χ3v) is 6.33. The molecule has 0 amide bonds. The van der Waals surface area contributed by atoms with Gasteiger partial charge in [0, 0.05) is 23.6 Å². The van der Waals surface area contributed by atoms with Crippen LogP contribution in [0.5, 0.6) is 28.7 Å². The lowest BCUT2D eigenvalue weighted by atomic mass is 9.81. The number of carbonyl (C=O) groups excluding carboxylic acids is 1. The molecule has 5 rings (SSSR count). The second-order valence-corrected chi connectivity index (χ2v) is 9.32. The number of carbonyl (C=O) groups is 1. The van der Waals surface area contributed by atoms with Gasteiger partial charge in [0.2, 0.25) is 0 Å². The van der Waals surface area contributed by atoms with Gasteiger partial charge in [-0.1, -0.05) is 0 Å². The van der Waals surface area contributed by atoms with Crippen LogP contribution in [0.15, 0.2) is 24.3 Å². The van der Waals surface area contributed by atoms with Crippen LogP contribution in [0.25, 0.3) is 0 Å². The van der Waals surface area contributed by atoms with Gasteiger partial charge in [0.1, 0.15) is 36.1 Å². The molecule has 0 aliphatic carbocycles. The van der Waals surface area contributed by atoms with Crippen LogP contribution in [0.2, 0.25) is 0 Å². The van der Waals surface area contributed by atoms with Crippen molar-refractivity contribution < 1.29 is 28.5 Å². The first-order chi connectivity index (χ1) is 14.3. The van der Waals surface area contributed by atoms with E-state index in [2.05, 4.69) is 0 Å². The van der Waals surface area contributed by atoms with E-state index >= 15 is 0 Å². The fourth-order valence-electron chi connectivity index (χ4n) is 4.45. The lowest BCUT2D eigenvalue weighted by Crippen LogP contribution is -2.43. The number of halogens is 1. The Morgan fingerprint density at radius 2 is 1.80 bits per heavy atom. The van der Waals surface area contributed by atoms with Crippen LogP contribution < -0.4 is 23.7 Å². The van der Waals surface area contributed by atoms with Crippen molar-refractivity contribution in [3.8, 4) is 28.7 Å². The summed E-state index contributed by atoms with van der Waals surface area (Å²) in [6.45, 7) is 4.12. The molecule has 30 heavy (non-hydrogen) atoms. The van der Waals surface area contributed by atoms with E-state index in [1.807, 2.05) is 19.9 Å². The molecule has 3 aliphatic rings. The minimum absolute atomic E-state index is 0.00871. The van der Waals surface area contributed by atoms with Gasteiger partial charge in [0.15, 0.2) is 17.3 Å². The van der Waals surface area contributed by atoms with E-state index < -0.39 is 16.9 Å². The van der Waals surface area contributed by atoms with Gasteiger partial charge in [-0.05, 0) is 32.0 Å². The summed E-state index contributed by atoms with van der Waals surface area (Å²) in [7, 11) is 3.14. The van der Waals surface area contributed by atoms with Crippen molar-refractivity contribution in [1.82, 2.24) is 0 Å². The van der Waals surface area contributed by atoms with Crippen molar-refractivity contribution >= 4 is 17.4 Å². The number of fused-ring (bicyclic) bond motifs is 6. The molecule has 158 valence electrons. The quantitative estimate of drug-likeness (QED) is 0.682. The van der Waals surface area contributed by atoms with Crippen molar-refractivity contribution in [2.45, 2.75) is 43.3 Å². The molecule has 0 N–H and O–H groups in total. The van der Waals surface area contributed by atoms with E-state index in [9.17, 15) is 4.79 Å². The highest BCUT2D eigenvalue weighted by molar-refractivity contribution is 6.24. The van der Waals surface area contributed by atoms with Crippen LogP contribution in [0.3, 0.4) is 0 Å². The molecule has 6 nitrogen and oxygen atoms in total. The molecular formula is C23H23ClO6. The second kappa shape index (κ2) is 6.71. The monoisotopic (exact) mass is 430 g/mol. The number of rotatable bonds is 3. The van der Waals surface area contributed by atoms with Crippen LogP contribution in [0.1, 0.15) is 41.3 Å². The fourth-order valence-corrected chi connectivity index (χ4v) is 4.57. The van der Waals surface area contributed by atoms with E-state index in [0.29, 0.717) is 35.0 Å². The molecular weight excluding hydrogens is 408 g/mol. The van der Waals surface area contributed by atoms with Crippen LogP contribution in [0.4, 0.5) is 0 Å². The average Bonchev–Trinajstić information content (AvgIpc) is 3.18. The van der Waals surface area contributed by atoms with Crippen molar-refractivity contribution in [2.24, 2.45) is 0 Å². The summed E-state index contributed by atoms with van der Waals surface area (Å²) in [5.74, 6) is 2.58. The number of ether oxygens (including phenoxy) is 5. The summed E-state index contributed by atoms with van der Waals surface area (Å²) in [5, 5.41) is 0. The largest absolute Gasteiger partial charge is 0.493 e. The molecule has 3 aliphatic heterocycles. The van der Waals surface area contributed by atoms with Crippen molar-refractivity contribution in [1.29, 1.82) is 0 Å². The van der Waals surface area contributed by atoms with E-state index in [4.69, 9.17) is 35.3 Å². The number of hydrogen-bond donors (Lipinski definition) is 0. The molecule has 2 aromatic carbocycles. The Labute approximate surface area is 180 Å². The Morgan fingerprint density at radius 3 is 2.50 bits per heavy atom. The summed E-state index contributed by atoms with van der Waals surface area (Å²) >= 11 is 6.49. The molecule has 3 heterocycles. The smallest absolute Gasteiger partial charge is 0.178 e. The minimum atomic E-state index is -0.532. The number of benzene rings is 2. The van der Waals surface area contributed by atoms with Gasteiger partial charge in [-0.25, -0.2) is 0 Å². The molecule has 0 unspecified atom stereocenters. The maximum atomic E-state index is 13.6. The van der Waals surface area contributed by atoms with Gasteiger partial charge in [-0.15, -0.1) is 11.6 Å². The standard InChI is InChI=1S/C23H23ClO6/c1-23(2,24)19-8-13-14(29-19)6-5-11-21(25)20-12-7-16(26-3)17(27-4)9-15(12)28-10-18(20)30-22(11)13/h5-7,9,18-20H,8,10H2,1-4H3/t18-,19-,20+/m1/s1. The molecule has 7 heteroatoms. The topological polar surface area (TPSA) is 63.2 Å². The zero-order valence-electron chi connectivity index (χ0n) is 17.3. The Kier molecular flexibility index (Phi) is 4.33. The first kappa shape index (κ1) is 19.4. The summed E-state index contributed by atoms with van der Waals surface area (Å²) in [6, 6.07) is 7.19. The predicted octanol–water partition coefficient (Wildman–Crippen LogP) is 4.14. The summed E-state index contributed by atoms with van der Waals surface area (Å²) in [5.41, 5.74) is 2.21. The Balaban J connectivity index is 1.56. The zero-order valence-corrected chi connectivity index (χ0v) is 18.0. The SMILES string of the molecule is COc1cc2c(cc1OC)[C@@H]1C(=O)c3ccc4c(c3O[C@@H]1CO2)C[C@H](C(C)(C)Cl)O4. The van der Waals surface area contributed by atoms with Gasteiger partial charge < -0.3 is 23.7 Å². The van der Waals surface area contributed by atoms with Gasteiger partial charge in [-0.3, -0.25) is 4.79 Å². The lowest BCUT2D eigenvalue weighted by molar-refractivity contribution is 0.0554. The highest BCUT2D eigenvalue weighted by Crippen LogP contribution is 2.50. The summed E-state index contributed by atoms with van der Waals surface area (Å²) in [6.07, 6.45) is -0.00963. The predicted molar refractivity (Wildman–Crippen MR) is 111 cm³/mol. The summed E-state index contributed by atoms with van der Waals surface area (Å²) in [4.78, 5) is 13.0. The molecule has 0 saturated carbocycles. The molecule has 0 bridgehead atoms. The Morgan fingerprint density at radius 1 is 1.07 bits per heavy atom. The van der Waals surface area contributed by atoms with E-state index in [1.54, 1.807) is 32.4 Å². The van der Waals surface area contributed by atoms with Crippen molar-refractivity contribution in [3.63, 3.8) is 0 Å². The van der Waals surface area contributed by atoms with Crippen LogP contribution >= 0.6 is 11.6 Å². The normalized spacial score (nSPS) is 23.8. The molecule has 0 aromatic heterocycles. The molecule has 0 spiro atoms. The van der Waals surface area contributed by atoms with E-state index in [-0.39, 0.29) is 18.5 Å². The second-order valence-electron chi connectivity index (χ2n) is 8.35. The lowest BCUT2D eigenvalue weighted by Gasteiger charge is -2.37. The first-order valence-corrected chi connectivity index (χ1v) is 10.3. The van der Waals surface area contributed by atoms with Gasteiger partial charge >= 0.3 is 0 Å². The van der Waals surface area contributed by atoms with Gasteiger partial charge in [-0.2, -0.15) is 0 Å². The highest BCUT2D eigenvalue weighted by Gasteiger charge is 2.46. The number of methoxy groups -OCH3 is 2. The number of Topliss-reactive ketones (excluding diaryl/α,β-unsaturated/α-hetero) is 1. The van der Waals surface area contributed by atoms with Crippen LogP contribution in [-0.4, -0.2) is 43.7 Å². The van der Waals surface area contributed by atoms with E-state index in [1.165, 1.54) is 0 Å². The third-order valence-electron chi connectivity index (χ3n) is 6.08. The molecule has 2 aromatic rings. The molecule has 0 radical (unpaired) electrons. The Hall–Kier alpha value is -2.60. The van der Waals surface area contributed by atoms with Crippen molar-refractivity contribution in [2.75, 3.05) is 20.8 Å². The highest BCUT2D eigenvalue weighted by atomic mass is 35.5.